The first kappa shape index (κ1) is 15.3. The van der Waals surface area contributed by atoms with Crippen LogP contribution in [-0.2, 0) is 10.1 Å². The van der Waals surface area contributed by atoms with Crippen LogP contribution in [0.15, 0.2) is 62.6 Å². The molecule has 1 heterocycles. The van der Waals surface area contributed by atoms with Crippen molar-refractivity contribution in [1.29, 1.82) is 0 Å². The van der Waals surface area contributed by atoms with Crippen LogP contribution in [0.5, 0.6) is 5.75 Å². The van der Waals surface area contributed by atoms with E-state index in [2.05, 4.69) is 0 Å². The minimum Gasteiger partial charge on any atom is -0.423 e. The van der Waals surface area contributed by atoms with Crippen LogP contribution in [0, 0.1) is 13.8 Å². The average Bonchev–Trinajstić information content (AvgIpc) is 2.49. The molecule has 0 radical (unpaired) electrons. The Morgan fingerprint density at radius 2 is 1.65 bits per heavy atom. The second-order valence-corrected chi connectivity index (χ2v) is 6.78. The highest BCUT2D eigenvalue weighted by molar-refractivity contribution is 7.87. The minimum absolute atomic E-state index is 0.0789. The van der Waals surface area contributed by atoms with Crippen LogP contribution < -0.4 is 9.81 Å². The SMILES string of the molecule is Cc1ccc(S(=O)(=O)Oc2ccc3ccc(=O)oc3c2)cc1C. The van der Waals surface area contributed by atoms with Gasteiger partial charge in [-0.3, -0.25) is 0 Å². The lowest BCUT2D eigenvalue weighted by Crippen LogP contribution is -2.10. The molecule has 5 nitrogen and oxygen atoms in total. The summed E-state index contributed by atoms with van der Waals surface area (Å²) in [7, 11) is -3.95. The van der Waals surface area contributed by atoms with Crippen molar-refractivity contribution >= 4 is 21.1 Å². The number of benzene rings is 2. The van der Waals surface area contributed by atoms with Gasteiger partial charge in [0.2, 0.25) is 0 Å². The maximum Gasteiger partial charge on any atom is 0.339 e. The topological polar surface area (TPSA) is 73.6 Å². The highest BCUT2D eigenvalue weighted by Gasteiger charge is 2.17. The van der Waals surface area contributed by atoms with E-state index in [1.807, 2.05) is 13.8 Å². The molecule has 0 unspecified atom stereocenters. The van der Waals surface area contributed by atoms with E-state index < -0.39 is 15.7 Å². The molecule has 0 spiro atoms. The third-order valence-corrected chi connectivity index (χ3v) is 4.81. The molecule has 0 saturated carbocycles. The number of aryl methyl sites for hydroxylation is 2. The highest BCUT2D eigenvalue weighted by atomic mass is 32.2. The van der Waals surface area contributed by atoms with Crippen LogP contribution in [0.2, 0.25) is 0 Å². The largest absolute Gasteiger partial charge is 0.423 e. The van der Waals surface area contributed by atoms with Gasteiger partial charge in [-0.15, -0.1) is 0 Å². The second kappa shape index (κ2) is 5.55. The molecule has 118 valence electrons. The summed E-state index contributed by atoms with van der Waals surface area (Å²) in [6.07, 6.45) is 0. The number of fused-ring (bicyclic) bond motifs is 1. The highest BCUT2D eigenvalue weighted by Crippen LogP contribution is 2.24. The van der Waals surface area contributed by atoms with Gasteiger partial charge < -0.3 is 8.60 Å². The Morgan fingerprint density at radius 1 is 0.913 bits per heavy atom. The molecule has 3 aromatic rings. The Hall–Kier alpha value is -2.60. The smallest absolute Gasteiger partial charge is 0.339 e. The van der Waals surface area contributed by atoms with Crippen LogP contribution in [0.3, 0.4) is 0 Å². The molecule has 0 atom stereocenters. The van der Waals surface area contributed by atoms with Crippen molar-refractivity contribution in [2.24, 2.45) is 0 Å². The zero-order chi connectivity index (χ0) is 16.6. The van der Waals surface area contributed by atoms with Crippen molar-refractivity contribution in [3.05, 3.63) is 70.1 Å². The lowest BCUT2D eigenvalue weighted by Gasteiger charge is -2.09. The summed E-state index contributed by atoms with van der Waals surface area (Å²) in [5.74, 6) is 0.0880. The molecule has 0 aliphatic carbocycles. The van der Waals surface area contributed by atoms with Crippen molar-refractivity contribution in [2.75, 3.05) is 0 Å². The molecule has 0 N–H and O–H groups in total. The van der Waals surface area contributed by atoms with Crippen molar-refractivity contribution in [2.45, 2.75) is 18.7 Å². The van der Waals surface area contributed by atoms with Crippen LogP contribution in [0.25, 0.3) is 11.0 Å². The molecule has 2 aromatic carbocycles. The first-order valence-corrected chi connectivity index (χ1v) is 8.32. The van der Waals surface area contributed by atoms with Gasteiger partial charge >= 0.3 is 15.7 Å². The monoisotopic (exact) mass is 330 g/mol. The van der Waals surface area contributed by atoms with Gasteiger partial charge in [0, 0.05) is 17.5 Å². The Bertz CT molecular complexity index is 1050. The molecule has 3 rings (SSSR count). The predicted octanol–water partition coefficient (Wildman–Crippen LogP) is 3.18. The predicted molar refractivity (Wildman–Crippen MR) is 86.2 cm³/mol. The van der Waals surface area contributed by atoms with Crippen LogP contribution in [-0.4, -0.2) is 8.42 Å². The first-order valence-electron chi connectivity index (χ1n) is 6.91. The number of hydrogen-bond donors (Lipinski definition) is 0. The lowest BCUT2D eigenvalue weighted by molar-refractivity contribution is 0.485. The van der Waals surface area contributed by atoms with E-state index >= 15 is 0 Å². The second-order valence-electron chi connectivity index (χ2n) is 5.24. The molecule has 0 saturated heterocycles. The summed E-state index contributed by atoms with van der Waals surface area (Å²) >= 11 is 0. The van der Waals surface area contributed by atoms with E-state index in [1.54, 1.807) is 24.3 Å². The van der Waals surface area contributed by atoms with Gasteiger partial charge in [0.25, 0.3) is 0 Å². The van der Waals surface area contributed by atoms with Gasteiger partial charge in [-0.25, -0.2) is 4.79 Å². The third-order valence-electron chi connectivity index (χ3n) is 3.57. The van der Waals surface area contributed by atoms with E-state index in [9.17, 15) is 13.2 Å². The summed E-state index contributed by atoms with van der Waals surface area (Å²) in [4.78, 5) is 11.3. The zero-order valence-electron chi connectivity index (χ0n) is 12.6. The molecule has 1 aromatic heterocycles. The molecule has 0 aliphatic rings. The van der Waals surface area contributed by atoms with Gasteiger partial charge in [-0.2, -0.15) is 8.42 Å². The first-order chi connectivity index (χ1) is 10.8. The van der Waals surface area contributed by atoms with E-state index in [0.717, 1.165) is 11.1 Å². The maximum atomic E-state index is 12.4. The lowest BCUT2D eigenvalue weighted by atomic mass is 10.1. The number of rotatable bonds is 3. The van der Waals surface area contributed by atoms with Crippen LogP contribution >= 0.6 is 0 Å². The Kier molecular flexibility index (Phi) is 3.69. The summed E-state index contributed by atoms with van der Waals surface area (Å²) < 4.78 is 34.9. The molecule has 23 heavy (non-hydrogen) atoms. The summed E-state index contributed by atoms with van der Waals surface area (Å²) in [6, 6.07) is 12.2. The molecular weight excluding hydrogens is 316 g/mol. The zero-order valence-corrected chi connectivity index (χ0v) is 13.4. The van der Waals surface area contributed by atoms with Crippen molar-refractivity contribution < 1.29 is 17.0 Å². The standard InChI is InChI=1S/C17H14O5S/c1-11-3-7-15(9-12(11)2)23(19,20)22-14-6-4-13-5-8-17(18)21-16(13)10-14/h3-10H,1-2H3. The molecule has 0 fully saturated rings. The fourth-order valence-corrected chi connectivity index (χ4v) is 3.15. The fraction of sp³-hybridized carbons (Fsp3) is 0.118. The maximum absolute atomic E-state index is 12.4. The van der Waals surface area contributed by atoms with Crippen LogP contribution in [0.4, 0.5) is 0 Å². The average molecular weight is 330 g/mol. The van der Waals surface area contributed by atoms with E-state index in [0.29, 0.717) is 5.39 Å². The van der Waals surface area contributed by atoms with Gasteiger partial charge in [0.1, 0.15) is 16.2 Å². The molecule has 0 amide bonds. The summed E-state index contributed by atoms with van der Waals surface area (Å²) in [6.45, 7) is 3.73. The van der Waals surface area contributed by atoms with Crippen molar-refractivity contribution in [1.82, 2.24) is 0 Å². The molecule has 6 heteroatoms. The molecule has 0 aliphatic heterocycles. The van der Waals surface area contributed by atoms with E-state index in [4.69, 9.17) is 8.60 Å². The Balaban J connectivity index is 1.99. The Labute approximate surface area is 133 Å². The van der Waals surface area contributed by atoms with E-state index in [1.165, 1.54) is 24.3 Å². The molecular formula is C17H14O5S. The molecule has 0 bridgehead atoms. The van der Waals surface area contributed by atoms with Gasteiger partial charge in [-0.05, 0) is 55.3 Å². The minimum atomic E-state index is -3.95. The van der Waals surface area contributed by atoms with Gasteiger partial charge in [0.05, 0.1) is 0 Å². The fourth-order valence-electron chi connectivity index (χ4n) is 2.14. The van der Waals surface area contributed by atoms with Gasteiger partial charge in [0.15, 0.2) is 0 Å². The normalized spacial score (nSPS) is 11.6. The van der Waals surface area contributed by atoms with Crippen molar-refractivity contribution in [3.8, 4) is 5.75 Å². The van der Waals surface area contributed by atoms with Crippen molar-refractivity contribution in [3.63, 3.8) is 0 Å². The quantitative estimate of drug-likeness (QED) is 0.545. The summed E-state index contributed by atoms with van der Waals surface area (Å²) in [5.41, 5.74) is 1.62. The summed E-state index contributed by atoms with van der Waals surface area (Å²) in [5, 5.41) is 0.681. The number of hydrogen-bond acceptors (Lipinski definition) is 5. The van der Waals surface area contributed by atoms with Gasteiger partial charge in [-0.1, -0.05) is 6.07 Å². The Morgan fingerprint density at radius 3 is 2.39 bits per heavy atom. The van der Waals surface area contributed by atoms with Crippen LogP contribution in [0.1, 0.15) is 11.1 Å². The van der Waals surface area contributed by atoms with E-state index in [-0.39, 0.29) is 16.2 Å². The third kappa shape index (κ3) is 3.12.